The van der Waals surface area contributed by atoms with Crippen molar-refractivity contribution in [3.63, 3.8) is 0 Å². The van der Waals surface area contributed by atoms with Gasteiger partial charge in [-0.05, 0) is 12.8 Å². The summed E-state index contributed by atoms with van der Waals surface area (Å²) in [7, 11) is 1.81. The van der Waals surface area contributed by atoms with Gasteiger partial charge in [0.1, 0.15) is 0 Å². The number of nitrogens with two attached hydrogens (primary N) is 1. The fourth-order valence-electron chi connectivity index (χ4n) is 1.73. The van der Waals surface area contributed by atoms with Crippen molar-refractivity contribution in [3.8, 4) is 0 Å². The number of nitrogens with zero attached hydrogens (tertiary/aromatic N) is 3. The maximum atomic E-state index is 9.14. The van der Waals surface area contributed by atoms with E-state index in [1.165, 1.54) is 0 Å². The van der Waals surface area contributed by atoms with Crippen LogP contribution in [0.25, 0.3) is 0 Å². The Kier molecular flexibility index (Phi) is 1.46. The Morgan fingerprint density at radius 2 is 2.42 bits per heavy atom. The average Bonchev–Trinajstić information content (AvgIpc) is 2.32. The van der Waals surface area contributed by atoms with Gasteiger partial charge in [-0.3, -0.25) is 4.68 Å². The molecule has 0 radical (unpaired) electrons. The summed E-state index contributed by atoms with van der Waals surface area (Å²) in [5, 5.41) is 16.7. The molecule has 0 aromatic carbocycles. The number of aliphatic hydroxyl groups excluding tert-OH is 1. The van der Waals surface area contributed by atoms with Gasteiger partial charge in [-0.2, -0.15) is 0 Å². The van der Waals surface area contributed by atoms with Crippen LogP contribution < -0.4 is 5.73 Å². The maximum Gasteiger partial charge on any atom is 0.0784 e. The highest BCUT2D eigenvalue weighted by Crippen LogP contribution is 2.38. The predicted octanol–water partition coefficient (Wildman–Crippen LogP) is -0.876. The van der Waals surface area contributed by atoms with Gasteiger partial charge in [-0.15, -0.1) is 5.10 Å². The molecule has 1 aliphatic carbocycles. The summed E-state index contributed by atoms with van der Waals surface area (Å²) in [6.07, 6.45) is 2.61. The van der Waals surface area contributed by atoms with E-state index in [1.54, 1.807) is 10.9 Å². The van der Waals surface area contributed by atoms with Crippen LogP contribution in [0.2, 0.25) is 0 Å². The van der Waals surface area contributed by atoms with E-state index in [9.17, 15) is 0 Å². The van der Waals surface area contributed by atoms with Gasteiger partial charge < -0.3 is 10.8 Å². The molecule has 1 saturated carbocycles. The number of rotatable bonds is 1. The number of aryl methyl sites for hydroxylation is 1. The van der Waals surface area contributed by atoms with E-state index < -0.39 is 5.54 Å². The van der Waals surface area contributed by atoms with E-state index in [0.717, 1.165) is 5.69 Å². The van der Waals surface area contributed by atoms with Crippen molar-refractivity contribution >= 4 is 0 Å². The van der Waals surface area contributed by atoms with Crippen molar-refractivity contribution in [2.45, 2.75) is 24.5 Å². The molecule has 1 aromatic heterocycles. The Morgan fingerprint density at radius 1 is 1.75 bits per heavy atom. The third-order valence-corrected chi connectivity index (χ3v) is 2.42. The van der Waals surface area contributed by atoms with Gasteiger partial charge in [-0.1, -0.05) is 5.21 Å². The summed E-state index contributed by atoms with van der Waals surface area (Å²) in [5.74, 6) is 0. The monoisotopic (exact) mass is 168 g/mol. The first kappa shape index (κ1) is 7.70. The molecule has 1 aliphatic rings. The van der Waals surface area contributed by atoms with E-state index in [4.69, 9.17) is 10.8 Å². The lowest BCUT2D eigenvalue weighted by molar-refractivity contribution is 0.0170. The fraction of sp³-hybridized carbons (Fsp3) is 0.714. The summed E-state index contributed by atoms with van der Waals surface area (Å²) in [6.45, 7) is 0. The number of hydrogen-bond donors (Lipinski definition) is 2. The summed E-state index contributed by atoms with van der Waals surface area (Å²) >= 11 is 0. The fourth-order valence-corrected chi connectivity index (χ4v) is 1.73. The molecule has 0 amide bonds. The Balaban J connectivity index is 2.26. The molecular weight excluding hydrogens is 156 g/mol. The first-order valence-corrected chi connectivity index (χ1v) is 3.94. The summed E-state index contributed by atoms with van der Waals surface area (Å²) in [4.78, 5) is 0. The van der Waals surface area contributed by atoms with Gasteiger partial charge in [0.2, 0.25) is 0 Å². The zero-order valence-electron chi connectivity index (χ0n) is 6.94. The molecule has 5 heteroatoms. The highest BCUT2D eigenvalue weighted by molar-refractivity contribution is 5.16. The maximum absolute atomic E-state index is 9.14. The first-order chi connectivity index (χ1) is 5.62. The van der Waals surface area contributed by atoms with Crippen LogP contribution in [0, 0.1) is 0 Å². The van der Waals surface area contributed by atoms with E-state index in [2.05, 4.69) is 10.3 Å². The van der Waals surface area contributed by atoms with Crippen LogP contribution in [-0.2, 0) is 12.6 Å². The molecule has 2 rings (SSSR count). The summed E-state index contributed by atoms with van der Waals surface area (Å²) in [5.41, 5.74) is 6.49. The van der Waals surface area contributed by atoms with Crippen molar-refractivity contribution < 1.29 is 5.11 Å². The Labute approximate surface area is 70.2 Å². The van der Waals surface area contributed by atoms with Crippen LogP contribution >= 0.6 is 0 Å². The van der Waals surface area contributed by atoms with Crippen LogP contribution in [0.1, 0.15) is 18.5 Å². The topological polar surface area (TPSA) is 77.0 Å². The Hall–Kier alpha value is -0.940. The van der Waals surface area contributed by atoms with Gasteiger partial charge in [0.25, 0.3) is 0 Å². The molecule has 12 heavy (non-hydrogen) atoms. The number of aliphatic hydroxyl groups is 1. The smallest absolute Gasteiger partial charge is 0.0784 e. The molecule has 1 aromatic rings. The van der Waals surface area contributed by atoms with Gasteiger partial charge >= 0.3 is 0 Å². The Bertz CT molecular complexity index is 289. The van der Waals surface area contributed by atoms with Crippen molar-refractivity contribution in [1.82, 2.24) is 15.0 Å². The van der Waals surface area contributed by atoms with Crippen LogP contribution in [0.4, 0.5) is 0 Å². The second kappa shape index (κ2) is 2.27. The van der Waals surface area contributed by atoms with E-state index >= 15 is 0 Å². The van der Waals surface area contributed by atoms with E-state index in [0.29, 0.717) is 12.8 Å². The third-order valence-electron chi connectivity index (χ3n) is 2.42. The molecule has 66 valence electrons. The predicted molar refractivity (Wildman–Crippen MR) is 42.1 cm³/mol. The molecule has 1 heterocycles. The van der Waals surface area contributed by atoms with Crippen molar-refractivity contribution in [3.05, 3.63) is 11.9 Å². The van der Waals surface area contributed by atoms with E-state index in [-0.39, 0.29) is 6.10 Å². The number of aromatic nitrogens is 3. The zero-order chi connectivity index (χ0) is 8.77. The minimum Gasteiger partial charge on any atom is -0.393 e. The number of hydrogen-bond acceptors (Lipinski definition) is 4. The molecule has 1 fully saturated rings. The SMILES string of the molecule is Cn1nncc1C1(N)CC(O)C1. The van der Waals surface area contributed by atoms with Crippen molar-refractivity contribution in [2.75, 3.05) is 0 Å². The standard InChI is InChI=1S/C7H12N4O/c1-11-6(4-9-10-11)7(8)2-5(12)3-7/h4-5,12H,2-3,8H2,1H3. The van der Waals surface area contributed by atoms with Crippen LogP contribution in [-0.4, -0.2) is 26.2 Å². The van der Waals surface area contributed by atoms with Crippen LogP contribution in [0.3, 0.4) is 0 Å². The molecule has 0 bridgehead atoms. The molecule has 3 N–H and O–H groups in total. The molecule has 0 saturated heterocycles. The van der Waals surface area contributed by atoms with Crippen LogP contribution in [0.15, 0.2) is 6.20 Å². The van der Waals surface area contributed by atoms with Crippen molar-refractivity contribution in [1.29, 1.82) is 0 Å². The molecule has 0 spiro atoms. The second-order valence-electron chi connectivity index (χ2n) is 3.46. The quantitative estimate of drug-likeness (QED) is 0.571. The molecule has 0 aliphatic heterocycles. The normalized spacial score (nSPS) is 34.8. The minimum atomic E-state index is -0.405. The lowest BCUT2D eigenvalue weighted by atomic mass is 9.73. The summed E-state index contributed by atoms with van der Waals surface area (Å²) < 4.78 is 1.66. The molecule has 5 nitrogen and oxygen atoms in total. The average molecular weight is 168 g/mol. The highest BCUT2D eigenvalue weighted by Gasteiger charge is 2.43. The van der Waals surface area contributed by atoms with Gasteiger partial charge in [0.15, 0.2) is 0 Å². The molecule has 0 atom stereocenters. The second-order valence-corrected chi connectivity index (χ2v) is 3.46. The van der Waals surface area contributed by atoms with Crippen molar-refractivity contribution in [2.24, 2.45) is 12.8 Å². The highest BCUT2D eigenvalue weighted by atomic mass is 16.3. The van der Waals surface area contributed by atoms with Gasteiger partial charge in [-0.25, -0.2) is 0 Å². The lowest BCUT2D eigenvalue weighted by Gasteiger charge is -2.41. The lowest BCUT2D eigenvalue weighted by Crippen LogP contribution is -2.52. The van der Waals surface area contributed by atoms with E-state index in [1.807, 2.05) is 7.05 Å². The minimum absolute atomic E-state index is 0.259. The molecular formula is C7H12N4O. The van der Waals surface area contributed by atoms with Gasteiger partial charge in [0, 0.05) is 7.05 Å². The first-order valence-electron chi connectivity index (χ1n) is 3.94. The Morgan fingerprint density at radius 3 is 2.83 bits per heavy atom. The molecule has 0 unspecified atom stereocenters. The third kappa shape index (κ3) is 0.937. The summed E-state index contributed by atoms with van der Waals surface area (Å²) in [6, 6.07) is 0. The zero-order valence-corrected chi connectivity index (χ0v) is 6.94. The van der Waals surface area contributed by atoms with Gasteiger partial charge in [0.05, 0.1) is 23.5 Å². The van der Waals surface area contributed by atoms with Crippen LogP contribution in [0.5, 0.6) is 0 Å². The largest absolute Gasteiger partial charge is 0.393 e.